The molecule has 86 valence electrons. The van der Waals surface area contributed by atoms with E-state index in [1.807, 2.05) is 0 Å². The van der Waals surface area contributed by atoms with Crippen LogP contribution in [0.2, 0.25) is 0 Å². The SMILES string of the molecule is CCNC(C)c1nc2c(C)cc(C)cc2[nH]1. The van der Waals surface area contributed by atoms with Crippen molar-refractivity contribution < 1.29 is 0 Å². The topological polar surface area (TPSA) is 40.7 Å². The zero-order valence-corrected chi connectivity index (χ0v) is 10.4. The van der Waals surface area contributed by atoms with Crippen LogP contribution in [-0.2, 0) is 0 Å². The Morgan fingerprint density at radius 1 is 1.38 bits per heavy atom. The number of nitrogens with one attached hydrogen (secondary N) is 2. The van der Waals surface area contributed by atoms with Crippen LogP contribution in [0.3, 0.4) is 0 Å². The number of hydrogen-bond donors (Lipinski definition) is 2. The Morgan fingerprint density at radius 3 is 2.81 bits per heavy atom. The number of nitrogens with zero attached hydrogens (tertiary/aromatic N) is 1. The largest absolute Gasteiger partial charge is 0.341 e. The highest BCUT2D eigenvalue weighted by molar-refractivity contribution is 5.79. The van der Waals surface area contributed by atoms with Gasteiger partial charge in [0.2, 0.25) is 0 Å². The van der Waals surface area contributed by atoms with Crippen molar-refractivity contribution >= 4 is 11.0 Å². The molecule has 0 spiro atoms. The predicted molar refractivity (Wildman–Crippen MR) is 67.7 cm³/mol. The molecule has 16 heavy (non-hydrogen) atoms. The molecule has 1 atom stereocenters. The van der Waals surface area contributed by atoms with Crippen LogP contribution in [0.5, 0.6) is 0 Å². The van der Waals surface area contributed by atoms with Gasteiger partial charge in [0, 0.05) is 0 Å². The number of aryl methyl sites for hydroxylation is 2. The fraction of sp³-hybridized carbons (Fsp3) is 0.462. The van der Waals surface area contributed by atoms with Gasteiger partial charge in [0.15, 0.2) is 0 Å². The third kappa shape index (κ3) is 1.95. The molecule has 1 unspecified atom stereocenters. The first kappa shape index (κ1) is 11.1. The molecule has 0 aliphatic heterocycles. The van der Waals surface area contributed by atoms with Gasteiger partial charge in [0.1, 0.15) is 5.82 Å². The van der Waals surface area contributed by atoms with E-state index in [0.717, 1.165) is 23.4 Å². The summed E-state index contributed by atoms with van der Waals surface area (Å²) in [6, 6.07) is 4.60. The molecule has 0 saturated heterocycles. The summed E-state index contributed by atoms with van der Waals surface area (Å²) < 4.78 is 0. The molecular formula is C13H19N3. The number of aromatic nitrogens is 2. The van der Waals surface area contributed by atoms with Crippen LogP contribution in [0.4, 0.5) is 0 Å². The summed E-state index contributed by atoms with van der Waals surface area (Å²) in [4.78, 5) is 8.04. The summed E-state index contributed by atoms with van der Waals surface area (Å²) in [6.45, 7) is 9.41. The zero-order chi connectivity index (χ0) is 11.7. The number of fused-ring (bicyclic) bond motifs is 1. The average molecular weight is 217 g/mol. The predicted octanol–water partition coefficient (Wildman–Crippen LogP) is 2.85. The molecule has 0 bridgehead atoms. The monoisotopic (exact) mass is 217 g/mol. The molecule has 2 N–H and O–H groups in total. The van der Waals surface area contributed by atoms with Crippen molar-refractivity contribution in [3.8, 4) is 0 Å². The van der Waals surface area contributed by atoms with Gasteiger partial charge in [-0.05, 0) is 44.5 Å². The summed E-state index contributed by atoms with van der Waals surface area (Å²) in [6.07, 6.45) is 0. The molecule has 3 heteroatoms. The third-order valence-electron chi connectivity index (χ3n) is 2.86. The van der Waals surface area contributed by atoms with Gasteiger partial charge in [-0.3, -0.25) is 0 Å². The molecule has 2 aromatic rings. The third-order valence-corrected chi connectivity index (χ3v) is 2.86. The number of rotatable bonds is 3. The van der Waals surface area contributed by atoms with E-state index in [1.54, 1.807) is 0 Å². The van der Waals surface area contributed by atoms with Crippen molar-refractivity contribution in [2.75, 3.05) is 6.54 Å². The van der Waals surface area contributed by atoms with Crippen LogP contribution in [0.1, 0.15) is 36.8 Å². The molecule has 0 radical (unpaired) electrons. The lowest BCUT2D eigenvalue weighted by atomic mass is 10.1. The molecule has 0 aliphatic rings. The van der Waals surface area contributed by atoms with E-state index in [0.29, 0.717) is 0 Å². The Hall–Kier alpha value is -1.35. The van der Waals surface area contributed by atoms with Crippen LogP contribution < -0.4 is 5.32 Å². The molecule has 0 aliphatic carbocycles. The summed E-state index contributed by atoms with van der Waals surface area (Å²) >= 11 is 0. The summed E-state index contributed by atoms with van der Waals surface area (Å²) in [7, 11) is 0. The van der Waals surface area contributed by atoms with Gasteiger partial charge in [0.25, 0.3) is 0 Å². The van der Waals surface area contributed by atoms with E-state index >= 15 is 0 Å². The molecule has 3 nitrogen and oxygen atoms in total. The Morgan fingerprint density at radius 2 is 2.12 bits per heavy atom. The van der Waals surface area contributed by atoms with Crippen molar-refractivity contribution in [2.45, 2.75) is 33.7 Å². The number of hydrogen-bond acceptors (Lipinski definition) is 2. The number of H-pyrrole nitrogens is 1. The summed E-state index contributed by atoms with van der Waals surface area (Å²) in [5.41, 5.74) is 4.74. The van der Waals surface area contributed by atoms with Crippen LogP contribution in [0.25, 0.3) is 11.0 Å². The van der Waals surface area contributed by atoms with Gasteiger partial charge in [0.05, 0.1) is 17.1 Å². The van der Waals surface area contributed by atoms with Crippen molar-refractivity contribution in [3.63, 3.8) is 0 Å². The van der Waals surface area contributed by atoms with Crippen LogP contribution in [-0.4, -0.2) is 16.5 Å². The van der Waals surface area contributed by atoms with Crippen LogP contribution >= 0.6 is 0 Å². The quantitative estimate of drug-likeness (QED) is 0.830. The van der Waals surface area contributed by atoms with Gasteiger partial charge in [-0.1, -0.05) is 13.0 Å². The maximum atomic E-state index is 4.65. The van der Waals surface area contributed by atoms with Gasteiger partial charge in [-0.25, -0.2) is 4.98 Å². The van der Waals surface area contributed by atoms with E-state index in [-0.39, 0.29) is 6.04 Å². The second-order valence-corrected chi connectivity index (χ2v) is 4.38. The second kappa shape index (κ2) is 4.26. The Balaban J connectivity index is 2.47. The molecule has 1 aromatic carbocycles. The highest BCUT2D eigenvalue weighted by Crippen LogP contribution is 2.20. The lowest BCUT2D eigenvalue weighted by molar-refractivity contribution is 0.573. The standard InChI is InChI=1S/C13H19N3/c1-5-14-10(4)13-15-11-7-8(2)6-9(3)12(11)16-13/h6-7,10,14H,5H2,1-4H3,(H,15,16). The van der Waals surface area contributed by atoms with Crippen molar-refractivity contribution in [1.82, 2.24) is 15.3 Å². The Kier molecular flexibility index (Phi) is 2.97. The maximum Gasteiger partial charge on any atom is 0.124 e. The van der Waals surface area contributed by atoms with Crippen LogP contribution in [0, 0.1) is 13.8 Å². The number of imidazole rings is 1. The van der Waals surface area contributed by atoms with Gasteiger partial charge in [-0.2, -0.15) is 0 Å². The minimum atomic E-state index is 0.275. The van der Waals surface area contributed by atoms with Gasteiger partial charge in [-0.15, -0.1) is 0 Å². The minimum absolute atomic E-state index is 0.275. The molecular weight excluding hydrogens is 198 g/mol. The first-order chi connectivity index (χ1) is 7.61. The first-order valence-electron chi connectivity index (χ1n) is 5.82. The fourth-order valence-electron chi connectivity index (χ4n) is 2.10. The highest BCUT2D eigenvalue weighted by atomic mass is 15.0. The van der Waals surface area contributed by atoms with E-state index in [2.05, 4.69) is 55.1 Å². The fourth-order valence-corrected chi connectivity index (χ4v) is 2.10. The highest BCUT2D eigenvalue weighted by Gasteiger charge is 2.10. The normalized spacial score (nSPS) is 13.2. The summed E-state index contributed by atoms with van der Waals surface area (Å²) in [5.74, 6) is 1.02. The van der Waals surface area contributed by atoms with E-state index in [4.69, 9.17) is 0 Å². The number of aromatic amines is 1. The summed E-state index contributed by atoms with van der Waals surface area (Å²) in [5, 5.41) is 3.36. The molecule has 1 heterocycles. The van der Waals surface area contributed by atoms with Crippen molar-refractivity contribution in [1.29, 1.82) is 0 Å². The molecule has 0 saturated carbocycles. The lowest BCUT2D eigenvalue weighted by Gasteiger charge is -2.07. The average Bonchev–Trinajstić information content (AvgIpc) is 2.62. The number of benzene rings is 1. The smallest absolute Gasteiger partial charge is 0.124 e. The second-order valence-electron chi connectivity index (χ2n) is 4.38. The van der Waals surface area contributed by atoms with Crippen molar-refractivity contribution in [3.05, 3.63) is 29.1 Å². The molecule has 2 rings (SSSR count). The van der Waals surface area contributed by atoms with E-state index in [9.17, 15) is 0 Å². The van der Waals surface area contributed by atoms with Crippen molar-refractivity contribution in [2.24, 2.45) is 0 Å². The lowest BCUT2D eigenvalue weighted by Crippen LogP contribution is -2.18. The zero-order valence-electron chi connectivity index (χ0n) is 10.4. The van der Waals surface area contributed by atoms with E-state index < -0.39 is 0 Å². The Labute approximate surface area is 96.3 Å². The molecule has 0 amide bonds. The minimum Gasteiger partial charge on any atom is -0.341 e. The molecule has 1 aromatic heterocycles. The molecule has 0 fully saturated rings. The Bertz CT molecular complexity index is 499. The van der Waals surface area contributed by atoms with Gasteiger partial charge < -0.3 is 10.3 Å². The van der Waals surface area contributed by atoms with Crippen LogP contribution in [0.15, 0.2) is 12.1 Å². The first-order valence-corrected chi connectivity index (χ1v) is 5.82. The van der Waals surface area contributed by atoms with Gasteiger partial charge >= 0.3 is 0 Å². The van der Waals surface area contributed by atoms with E-state index in [1.165, 1.54) is 11.1 Å². The maximum absolute atomic E-state index is 4.65.